The number of nitrogens with one attached hydrogen (secondary N) is 3. The molecule has 26 heavy (non-hydrogen) atoms. The number of benzene rings is 1. The van der Waals surface area contributed by atoms with E-state index in [1.54, 1.807) is 12.1 Å². The molecule has 8 heteroatoms. The van der Waals surface area contributed by atoms with Gasteiger partial charge in [-0.3, -0.25) is 4.79 Å². The van der Waals surface area contributed by atoms with E-state index in [1.165, 1.54) is 25.0 Å². The number of nitrogens with zero attached hydrogens (tertiary/aromatic N) is 1. The molecule has 1 aliphatic rings. The van der Waals surface area contributed by atoms with Crippen molar-refractivity contribution in [2.24, 2.45) is 10.9 Å². The summed E-state index contributed by atoms with van der Waals surface area (Å²) in [5, 5.41) is 8.88. The lowest BCUT2D eigenvalue weighted by Gasteiger charge is -2.11. The van der Waals surface area contributed by atoms with Gasteiger partial charge >= 0.3 is 0 Å². The Morgan fingerprint density at radius 3 is 2.85 bits per heavy atom. The number of anilines is 1. The standard InChI is InChI=1S/C18H27FN4O2.HI/c1-2-20-18(21-9-4-10-25-13-14-7-8-14)22-12-17(24)23-16-6-3-5-15(19)11-16;/h3,5-6,11,14H,2,4,7-10,12-13H2,1H3,(H,23,24)(H2,20,21,22);1H. The van der Waals surface area contributed by atoms with E-state index in [2.05, 4.69) is 20.9 Å². The van der Waals surface area contributed by atoms with Gasteiger partial charge in [0.15, 0.2) is 5.96 Å². The van der Waals surface area contributed by atoms with Crippen LogP contribution in [0.25, 0.3) is 0 Å². The number of rotatable bonds is 10. The molecule has 0 heterocycles. The second kappa shape index (κ2) is 12.9. The highest BCUT2D eigenvalue weighted by Gasteiger charge is 2.20. The summed E-state index contributed by atoms with van der Waals surface area (Å²) in [4.78, 5) is 16.1. The summed E-state index contributed by atoms with van der Waals surface area (Å²) < 4.78 is 18.7. The van der Waals surface area contributed by atoms with Crippen molar-refractivity contribution >= 4 is 41.5 Å². The Bertz CT molecular complexity index is 582. The Kier molecular flexibility index (Phi) is 11.2. The molecule has 1 aliphatic carbocycles. The maximum atomic E-state index is 13.1. The van der Waals surface area contributed by atoms with Gasteiger partial charge < -0.3 is 20.7 Å². The quantitative estimate of drug-likeness (QED) is 0.209. The zero-order valence-corrected chi connectivity index (χ0v) is 17.4. The number of halogens is 2. The molecule has 6 nitrogen and oxygen atoms in total. The number of carbonyl (C=O) groups excluding carboxylic acids is 1. The SMILES string of the molecule is CCNC(=NCC(=O)Nc1cccc(F)c1)NCCCOCC1CC1.I. The molecule has 0 unspecified atom stereocenters. The van der Waals surface area contributed by atoms with Gasteiger partial charge in [0.1, 0.15) is 12.4 Å². The van der Waals surface area contributed by atoms with E-state index in [1.807, 2.05) is 6.92 Å². The number of carbonyl (C=O) groups is 1. The van der Waals surface area contributed by atoms with Crippen LogP contribution in [0.3, 0.4) is 0 Å². The van der Waals surface area contributed by atoms with Gasteiger partial charge in [-0.1, -0.05) is 6.07 Å². The van der Waals surface area contributed by atoms with Crippen molar-refractivity contribution in [3.63, 3.8) is 0 Å². The van der Waals surface area contributed by atoms with Gasteiger partial charge in [0.2, 0.25) is 5.91 Å². The van der Waals surface area contributed by atoms with Crippen LogP contribution in [0.4, 0.5) is 10.1 Å². The van der Waals surface area contributed by atoms with Gasteiger partial charge in [-0.25, -0.2) is 9.38 Å². The maximum Gasteiger partial charge on any atom is 0.246 e. The van der Waals surface area contributed by atoms with Crippen LogP contribution in [0.1, 0.15) is 26.2 Å². The van der Waals surface area contributed by atoms with E-state index < -0.39 is 0 Å². The normalized spacial score (nSPS) is 13.7. The van der Waals surface area contributed by atoms with Gasteiger partial charge in [0.05, 0.1) is 0 Å². The van der Waals surface area contributed by atoms with E-state index in [-0.39, 0.29) is 42.2 Å². The molecule has 0 aliphatic heterocycles. The Hall–Kier alpha value is -1.42. The first-order chi connectivity index (χ1) is 12.2. The number of guanidine groups is 1. The zero-order valence-electron chi connectivity index (χ0n) is 15.1. The molecule has 1 saturated carbocycles. The van der Waals surface area contributed by atoms with Crippen LogP contribution in [0, 0.1) is 11.7 Å². The average Bonchev–Trinajstić information content (AvgIpc) is 3.40. The predicted molar refractivity (Wildman–Crippen MR) is 113 cm³/mol. The Morgan fingerprint density at radius 2 is 2.15 bits per heavy atom. The van der Waals surface area contributed by atoms with E-state index in [9.17, 15) is 9.18 Å². The topological polar surface area (TPSA) is 74.8 Å². The van der Waals surface area contributed by atoms with Crippen LogP contribution in [0.15, 0.2) is 29.3 Å². The summed E-state index contributed by atoms with van der Waals surface area (Å²) >= 11 is 0. The van der Waals surface area contributed by atoms with Crippen LogP contribution >= 0.6 is 24.0 Å². The second-order valence-electron chi connectivity index (χ2n) is 6.05. The van der Waals surface area contributed by atoms with Crippen LogP contribution in [-0.2, 0) is 9.53 Å². The highest BCUT2D eigenvalue weighted by atomic mass is 127. The van der Waals surface area contributed by atoms with E-state index in [4.69, 9.17) is 4.74 Å². The summed E-state index contributed by atoms with van der Waals surface area (Å²) in [6.07, 6.45) is 3.48. The third-order valence-electron chi connectivity index (χ3n) is 3.64. The fraction of sp³-hybridized carbons (Fsp3) is 0.556. The molecule has 0 atom stereocenters. The van der Waals surface area contributed by atoms with Crippen LogP contribution in [0.2, 0.25) is 0 Å². The largest absolute Gasteiger partial charge is 0.381 e. The highest BCUT2D eigenvalue weighted by Crippen LogP contribution is 2.28. The third-order valence-corrected chi connectivity index (χ3v) is 3.64. The molecular weight excluding hydrogens is 450 g/mol. The second-order valence-corrected chi connectivity index (χ2v) is 6.05. The Labute approximate surface area is 171 Å². The molecule has 2 rings (SSSR count). The fourth-order valence-electron chi connectivity index (χ4n) is 2.17. The molecule has 1 aromatic rings. The molecule has 0 aromatic heterocycles. The van der Waals surface area contributed by atoms with Crippen LogP contribution < -0.4 is 16.0 Å². The van der Waals surface area contributed by atoms with Gasteiger partial charge in [-0.05, 0) is 50.3 Å². The Morgan fingerprint density at radius 1 is 1.35 bits per heavy atom. The van der Waals surface area contributed by atoms with Crippen molar-refractivity contribution in [1.29, 1.82) is 0 Å². The van der Waals surface area contributed by atoms with E-state index in [0.29, 0.717) is 18.2 Å². The van der Waals surface area contributed by atoms with Crippen molar-refractivity contribution in [1.82, 2.24) is 10.6 Å². The van der Waals surface area contributed by atoms with Gasteiger partial charge in [0.25, 0.3) is 0 Å². The first kappa shape index (κ1) is 22.6. The lowest BCUT2D eigenvalue weighted by atomic mass is 10.3. The van der Waals surface area contributed by atoms with Crippen LogP contribution in [-0.4, -0.2) is 44.7 Å². The summed E-state index contributed by atoms with van der Waals surface area (Å²) in [5.41, 5.74) is 0.422. The molecule has 1 fully saturated rings. The molecule has 0 bridgehead atoms. The highest BCUT2D eigenvalue weighted by molar-refractivity contribution is 14.0. The summed E-state index contributed by atoms with van der Waals surface area (Å²) in [7, 11) is 0. The number of amides is 1. The molecule has 146 valence electrons. The fourth-order valence-corrected chi connectivity index (χ4v) is 2.17. The number of hydrogen-bond acceptors (Lipinski definition) is 3. The monoisotopic (exact) mass is 478 g/mol. The van der Waals surface area contributed by atoms with Gasteiger partial charge in [-0.15, -0.1) is 24.0 Å². The minimum atomic E-state index is -0.389. The van der Waals surface area contributed by atoms with Gasteiger partial charge in [-0.2, -0.15) is 0 Å². The first-order valence-corrected chi connectivity index (χ1v) is 8.82. The van der Waals surface area contributed by atoms with Crippen molar-refractivity contribution < 1.29 is 13.9 Å². The smallest absolute Gasteiger partial charge is 0.246 e. The number of hydrogen-bond donors (Lipinski definition) is 3. The van der Waals surface area contributed by atoms with Crippen LogP contribution in [0.5, 0.6) is 0 Å². The molecule has 1 amide bonds. The molecule has 3 N–H and O–H groups in total. The van der Waals surface area contributed by atoms with E-state index >= 15 is 0 Å². The molecule has 0 radical (unpaired) electrons. The first-order valence-electron chi connectivity index (χ1n) is 8.82. The lowest BCUT2D eigenvalue weighted by Crippen LogP contribution is -2.38. The summed E-state index contributed by atoms with van der Waals surface area (Å²) in [6, 6.07) is 5.78. The van der Waals surface area contributed by atoms with E-state index in [0.717, 1.165) is 32.1 Å². The van der Waals surface area contributed by atoms with Gasteiger partial charge in [0, 0.05) is 32.0 Å². The minimum absolute atomic E-state index is 0. The van der Waals surface area contributed by atoms with Crippen molar-refractivity contribution in [2.75, 3.05) is 38.2 Å². The molecule has 0 saturated heterocycles. The Balaban J connectivity index is 0.00000338. The number of ether oxygens (including phenoxy) is 1. The minimum Gasteiger partial charge on any atom is -0.381 e. The maximum absolute atomic E-state index is 13.1. The zero-order chi connectivity index (χ0) is 17.9. The van der Waals surface area contributed by atoms with Crippen molar-refractivity contribution in [2.45, 2.75) is 26.2 Å². The number of aliphatic imine (C=N–C) groups is 1. The molecular formula is C18H28FIN4O2. The van der Waals surface area contributed by atoms with Crippen molar-refractivity contribution in [3.8, 4) is 0 Å². The average molecular weight is 478 g/mol. The van der Waals surface area contributed by atoms with Crippen molar-refractivity contribution in [3.05, 3.63) is 30.1 Å². The summed E-state index contributed by atoms with van der Waals surface area (Å²) in [6.45, 7) is 4.95. The third kappa shape index (κ3) is 9.91. The summed E-state index contributed by atoms with van der Waals surface area (Å²) in [5.74, 6) is 0.679. The molecule has 1 aromatic carbocycles. The predicted octanol–water partition coefficient (Wildman–Crippen LogP) is 2.75. The lowest BCUT2D eigenvalue weighted by molar-refractivity contribution is -0.114. The molecule has 0 spiro atoms.